The molecule has 2 aromatic carbocycles. The molecule has 1 atom stereocenters. The van der Waals surface area contributed by atoms with Gasteiger partial charge in [-0.2, -0.15) is 0 Å². The third-order valence-corrected chi connectivity index (χ3v) is 7.06. The maximum absolute atomic E-state index is 13.8. The van der Waals surface area contributed by atoms with Crippen LogP contribution in [-0.4, -0.2) is 60.2 Å². The number of hydrogen-bond acceptors (Lipinski definition) is 4. The van der Waals surface area contributed by atoms with E-state index < -0.39 is 11.0 Å². The third kappa shape index (κ3) is 4.66. The van der Waals surface area contributed by atoms with Crippen molar-refractivity contribution in [3.05, 3.63) is 65.5 Å². The fraction of sp³-hybridized carbons (Fsp3) is 0.500. The zero-order valence-electron chi connectivity index (χ0n) is 19.0. The number of halogens is 1. The van der Waals surface area contributed by atoms with Crippen LogP contribution in [0.5, 0.6) is 5.75 Å². The van der Waals surface area contributed by atoms with Crippen LogP contribution < -0.4 is 4.74 Å². The van der Waals surface area contributed by atoms with Gasteiger partial charge in [0.05, 0.1) is 24.7 Å². The molecule has 2 aromatic rings. The SMILES string of the molecule is COc1ccc(C2(C(=O)N3CC[C@@](O)(CN(C)Cc4ccc(F)cc4)C3)CCCC2)cc1. The first-order valence-corrected chi connectivity index (χ1v) is 11.4. The van der Waals surface area contributed by atoms with Crippen LogP contribution in [0, 0.1) is 5.82 Å². The number of hydrogen-bond donors (Lipinski definition) is 1. The van der Waals surface area contributed by atoms with Gasteiger partial charge in [0.2, 0.25) is 5.91 Å². The number of amides is 1. The van der Waals surface area contributed by atoms with E-state index in [-0.39, 0.29) is 11.7 Å². The molecule has 0 spiro atoms. The molecule has 4 rings (SSSR count). The van der Waals surface area contributed by atoms with E-state index in [1.807, 2.05) is 41.1 Å². The average molecular weight is 441 g/mol. The summed E-state index contributed by atoms with van der Waals surface area (Å²) in [6.45, 7) is 1.99. The molecule has 2 aliphatic rings. The van der Waals surface area contributed by atoms with E-state index in [1.54, 1.807) is 19.2 Å². The molecule has 1 N–H and O–H groups in total. The van der Waals surface area contributed by atoms with Gasteiger partial charge in [0.1, 0.15) is 11.6 Å². The van der Waals surface area contributed by atoms with E-state index in [1.165, 1.54) is 12.1 Å². The van der Waals surface area contributed by atoms with Gasteiger partial charge in [-0.3, -0.25) is 9.69 Å². The number of nitrogens with zero attached hydrogens (tertiary/aromatic N) is 2. The molecule has 1 heterocycles. The Hall–Kier alpha value is -2.44. The summed E-state index contributed by atoms with van der Waals surface area (Å²) < 4.78 is 18.4. The molecule has 1 aliphatic carbocycles. The molecule has 5 nitrogen and oxygen atoms in total. The minimum absolute atomic E-state index is 0.136. The largest absolute Gasteiger partial charge is 0.497 e. The number of aliphatic hydroxyl groups is 1. The molecule has 32 heavy (non-hydrogen) atoms. The number of likely N-dealkylation sites (tertiary alicyclic amines) is 1. The van der Waals surface area contributed by atoms with E-state index in [0.717, 1.165) is 42.6 Å². The molecule has 1 saturated carbocycles. The van der Waals surface area contributed by atoms with Crippen molar-refractivity contribution in [2.75, 3.05) is 33.8 Å². The monoisotopic (exact) mass is 440 g/mol. The lowest BCUT2D eigenvalue weighted by atomic mass is 9.77. The highest BCUT2D eigenvalue weighted by molar-refractivity contribution is 5.89. The van der Waals surface area contributed by atoms with Crippen LogP contribution in [0.4, 0.5) is 4.39 Å². The number of carbonyl (C=O) groups excluding carboxylic acids is 1. The van der Waals surface area contributed by atoms with Crippen LogP contribution >= 0.6 is 0 Å². The Balaban J connectivity index is 1.43. The van der Waals surface area contributed by atoms with Gasteiger partial charge in [-0.1, -0.05) is 37.1 Å². The van der Waals surface area contributed by atoms with Crippen molar-refractivity contribution in [3.8, 4) is 5.75 Å². The summed E-state index contributed by atoms with van der Waals surface area (Å²) in [5.74, 6) is 0.670. The topological polar surface area (TPSA) is 53.0 Å². The van der Waals surface area contributed by atoms with E-state index in [0.29, 0.717) is 32.6 Å². The van der Waals surface area contributed by atoms with E-state index >= 15 is 0 Å². The lowest BCUT2D eigenvalue weighted by molar-refractivity contribution is -0.137. The second kappa shape index (κ2) is 9.20. The Morgan fingerprint density at radius 3 is 2.38 bits per heavy atom. The van der Waals surface area contributed by atoms with Crippen molar-refractivity contribution in [3.63, 3.8) is 0 Å². The van der Waals surface area contributed by atoms with Gasteiger partial charge in [-0.15, -0.1) is 0 Å². The van der Waals surface area contributed by atoms with Crippen LogP contribution in [-0.2, 0) is 16.8 Å². The highest BCUT2D eigenvalue weighted by atomic mass is 19.1. The summed E-state index contributed by atoms with van der Waals surface area (Å²) in [6, 6.07) is 14.3. The van der Waals surface area contributed by atoms with Gasteiger partial charge in [0.15, 0.2) is 0 Å². The van der Waals surface area contributed by atoms with Crippen LogP contribution in [0.2, 0.25) is 0 Å². The molecule has 0 aromatic heterocycles. The lowest BCUT2D eigenvalue weighted by Crippen LogP contribution is -2.48. The molecular formula is C26H33FN2O3. The first kappa shape index (κ1) is 22.7. The molecule has 1 amide bonds. The third-order valence-electron chi connectivity index (χ3n) is 7.06. The molecule has 2 fully saturated rings. The summed E-state index contributed by atoms with van der Waals surface area (Å²) in [5.41, 5.74) is 0.597. The normalized spacial score (nSPS) is 22.5. The average Bonchev–Trinajstić information content (AvgIpc) is 3.43. The minimum atomic E-state index is -0.940. The van der Waals surface area contributed by atoms with Gasteiger partial charge in [-0.05, 0) is 61.7 Å². The number of methoxy groups -OCH3 is 1. The van der Waals surface area contributed by atoms with Gasteiger partial charge >= 0.3 is 0 Å². The number of β-amino-alcohol motifs (C(OH)–C–C–N with tert-alkyl or cyclic N) is 1. The minimum Gasteiger partial charge on any atom is -0.497 e. The number of rotatable bonds is 7. The predicted octanol–water partition coefficient (Wildman–Crippen LogP) is 3.74. The summed E-state index contributed by atoms with van der Waals surface area (Å²) in [7, 11) is 3.59. The summed E-state index contributed by atoms with van der Waals surface area (Å²) in [6.07, 6.45) is 4.33. The Morgan fingerprint density at radius 1 is 1.09 bits per heavy atom. The highest BCUT2D eigenvalue weighted by Gasteiger charge is 2.48. The zero-order chi connectivity index (χ0) is 22.8. The summed E-state index contributed by atoms with van der Waals surface area (Å²) in [4.78, 5) is 17.7. The predicted molar refractivity (Wildman–Crippen MR) is 122 cm³/mol. The number of carbonyl (C=O) groups is 1. The smallest absolute Gasteiger partial charge is 0.233 e. The van der Waals surface area contributed by atoms with E-state index in [2.05, 4.69) is 0 Å². The van der Waals surface area contributed by atoms with Crippen LogP contribution in [0.3, 0.4) is 0 Å². The van der Waals surface area contributed by atoms with Gasteiger partial charge in [0.25, 0.3) is 0 Å². The maximum atomic E-state index is 13.8. The van der Waals surface area contributed by atoms with Crippen LogP contribution in [0.1, 0.15) is 43.2 Å². The molecule has 0 unspecified atom stereocenters. The second-order valence-electron chi connectivity index (χ2n) is 9.52. The summed E-state index contributed by atoms with van der Waals surface area (Å²) in [5, 5.41) is 11.3. The first-order chi connectivity index (χ1) is 15.3. The quantitative estimate of drug-likeness (QED) is 0.713. The number of ether oxygens (including phenoxy) is 1. The van der Waals surface area contributed by atoms with Gasteiger partial charge in [-0.25, -0.2) is 4.39 Å². The molecule has 172 valence electrons. The van der Waals surface area contributed by atoms with Crippen molar-refractivity contribution >= 4 is 5.91 Å². The van der Waals surface area contributed by atoms with Crippen molar-refractivity contribution < 1.29 is 19.0 Å². The fourth-order valence-corrected chi connectivity index (χ4v) is 5.44. The lowest BCUT2D eigenvalue weighted by Gasteiger charge is -2.34. The molecule has 6 heteroatoms. The zero-order valence-corrected chi connectivity index (χ0v) is 19.0. The Morgan fingerprint density at radius 2 is 1.75 bits per heavy atom. The fourth-order valence-electron chi connectivity index (χ4n) is 5.44. The Bertz CT molecular complexity index is 925. The summed E-state index contributed by atoms with van der Waals surface area (Å²) >= 11 is 0. The van der Waals surface area contributed by atoms with Gasteiger partial charge in [0, 0.05) is 19.6 Å². The van der Waals surface area contributed by atoms with Crippen molar-refractivity contribution in [2.24, 2.45) is 0 Å². The molecule has 0 radical (unpaired) electrons. The molecular weight excluding hydrogens is 407 g/mol. The Kier molecular flexibility index (Phi) is 6.54. The first-order valence-electron chi connectivity index (χ1n) is 11.4. The Labute approximate surface area is 189 Å². The maximum Gasteiger partial charge on any atom is 0.233 e. The molecule has 1 saturated heterocycles. The van der Waals surface area contributed by atoms with Crippen LogP contribution in [0.15, 0.2) is 48.5 Å². The number of benzene rings is 2. The highest BCUT2D eigenvalue weighted by Crippen LogP contribution is 2.44. The van der Waals surface area contributed by atoms with Crippen molar-refractivity contribution in [2.45, 2.75) is 49.7 Å². The second-order valence-corrected chi connectivity index (χ2v) is 9.52. The van der Waals surface area contributed by atoms with E-state index in [9.17, 15) is 14.3 Å². The van der Waals surface area contributed by atoms with Crippen molar-refractivity contribution in [1.29, 1.82) is 0 Å². The standard InChI is InChI=1S/C26H33FN2O3/c1-28(17-20-5-9-22(27)10-6-20)18-25(31)15-16-29(19-25)24(30)26(13-3-4-14-26)21-7-11-23(32-2)12-8-21/h5-12,31H,3-4,13-19H2,1-2H3/t25-/m1/s1. The van der Waals surface area contributed by atoms with Gasteiger partial charge < -0.3 is 14.7 Å². The van der Waals surface area contributed by atoms with E-state index in [4.69, 9.17) is 4.74 Å². The molecule has 1 aliphatic heterocycles. The number of likely N-dealkylation sites (N-methyl/N-ethyl adjacent to an activating group) is 1. The van der Waals surface area contributed by atoms with Crippen molar-refractivity contribution in [1.82, 2.24) is 9.80 Å². The molecule has 0 bridgehead atoms. The van der Waals surface area contributed by atoms with Crippen LogP contribution in [0.25, 0.3) is 0 Å².